The molecule has 94 valence electrons. The Morgan fingerprint density at radius 1 is 1.35 bits per heavy atom. The van der Waals surface area contributed by atoms with Gasteiger partial charge in [0.1, 0.15) is 20.2 Å². The van der Waals surface area contributed by atoms with E-state index in [1.165, 1.54) is 12.8 Å². The molecular formula is C15H24NO+. The molecule has 2 rings (SSSR count). The van der Waals surface area contributed by atoms with Crippen LogP contribution in [-0.4, -0.2) is 30.7 Å². The van der Waals surface area contributed by atoms with Gasteiger partial charge in [-0.25, -0.2) is 0 Å². The minimum absolute atomic E-state index is 0.274. The second kappa shape index (κ2) is 3.77. The average Bonchev–Trinajstić information content (AvgIpc) is 2.57. The third-order valence-corrected chi connectivity index (χ3v) is 5.50. The molecule has 3 atom stereocenters. The van der Waals surface area contributed by atoms with Gasteiger partial charge < -0.3 is 4.74 Å². The number of ether oxygens (including phenoxy) is 1. The third kappa shape index (κ3) is 1.59. The molecule has 2 heteroatoms. The smallest absolute Gasteiger partial charge is 0.417 e. The highest BCUT2D eigenvalue weighted by atomic mass is 16.5. The summed E-state index contributed by atoms with van der Waals surface area (Å²) in [5.41, 5.74) is 0.652. The van der Waals surface area contributed by atoms with Gasteiger partial charge in [-0.15, -0.1) is 6.42 Å². The van der Waals surface area contributed by atoms with E-state index in [0.717, 1.165) is 12.3 Å². The number of fused-ring (bicyclic) bond motifs is 2. The number of hydrogen-bond donors (Lipinski definition) is 0. The zero-order valence-corrected chi connectivity index (χ0v) is 11.7. The average molecular weight is 234 g/mol. The van der Waals surface area contributed by atoms with E-state index in [1.54, 1.807) is 0 Å². The first-order valence-corrected chi connectivity index (χ1v) is 6.50. The van der Waals surface area contributed by atoms with E-state index < -0.39 is 0 Å². The van der Waals surface area contributed by atoms with Gasteiger partial charge in [0, 0.05) is 11.3 Å². The Morgan fingerprint density at radius 2 is 2.00 bits per heavy atom. The fraction of sp³-hybridized carbons (Fsp3) is 0.800. The summed E-state index contributed by atoms with van der Waals surface area (Å²) < 4.78 is 7.99. The van der Waals surface area contributed by atoms with Crippen LogP contribution in [0.2, 0.25) is 0 Å². The zero-order valence-electron chi connectivity index (χ0n) is 11.7. The van der Waals surface area contributed by atoms with Gasteiger partial charge in [-0.3, -0.25) is 0 Å². The lowest BCUT2D eigenvalue weighted by atomic mass is 9.70. The molecule has 0 N–H and O–H groups in total. The molecule has 0 amide bonds. The van der Waals surface area contributed by atoms with Crippen LogP contribution in [0.1, 0.15) is 40.0 Å². The van der Waals surface area contributed by atoms with E-state index in [9.17, 15) is 0 Å². The first-order valence-electron chi connectivity index (χ1n) is 6.50. The summed E-state index contributed by atoms with van der Waals surface area (Å²) in [6.45, 7) is 7.15. The Morgan fingerprint density at radius 3 is 2.35 bits per heavy atom. The van der Waals surface area contributed by atoms with Crippen LogP contribution in [0.5, 0.6) is 0 Å². The normalized spacial score (nSPS) is 37.6. The van der Waals surface area contributed by atoms with E-state index in [1.807, 2.05) is 18.7 Å². The third-order valence-electron chi connectivity index (χ3n) is 5.50. The molecule has 2 bridgehead atoms. The van der Waals surface area contributed by atoms with Crippen molar-refractivity contribution in [3.63, 3.8) is 0 Å². The molecule has 0 spiro atoms. The number of terminal acetylenes is 1. The maximum atomic E-state index is 6.10. The Bertz CT molecular complexity index is 398. The summed E-state index contributed by atoms with van der Waals surface area (Å²) in [4.78, 5) is 0. The Labute approximate surface area is 105 Å². The number of nitrogens with zero attached hydrogens (tertiary/aromatic N) is 1. The van der Waals surface area contributed by atoms with Crippen molar-refractivity contribution in [1.29, 1.82) is 0 Å². The van der Waals surface area contributed by atoms with Crippen LogP contribution in [0.15, 0.2) is 0 Å². The van der Waals surface area contributed by atoms with Crippen LogP contribution in [0.3, 0.4) is 0 Å². The SMILES string of the molecule is C#CC(O[C@@H]1C[C@@H]2CC[C@@]1(C)C2(C)C)=[N+](C)C. The predicted octanol–water partition coefficient (Wildman–Crippen LogP) is 2.52. The summed E-state index contributed by atoms with van der Waals surface area (Å²) >= 11 is 0. The van der Waals surface area contributed by atoms with Crippen molar-refractivity contribution < 1.29 is 9.31 Å². The van der Waals surface area contributed by atoms with E-state index >= 15 is 0 Å². The van der Waals surface area contributed by atoms with Crippen molar-refractivity contribution in [2.45, 2.75) is 46.1 Å². The summed E-state index contributed by atoms with van der Waals surface area (Å²) in [5.74, 6) is 4.11. The summed E-state index contributed by atoms with van der Waals surface area (Å²) in [5, 5.41) is 0. The maximum absolute atomic E-state index is 6.10. The lowest BCUT2D eigenvalue weighted by Crippen LogP contribution is -2.39. The Kier molecular flexibility index (Phi) is 2.77. The number of hydrogen-bond acceptors (Lipinski definition) is 1. The molecule has 0 aromatic rings. The quantitative estimate of drug-likeness (QED) is 0.294. The summed E-state index contributed by atoms with van der Waals surface area (Å²) in [7, 11) is 3.88. The standard InChI is InChI=1S/C15H24NO/c1-7-13(16(5)6)17-12-10-11-8-9-15(12,4)14(11,2)3/h1,11-12H,8-10H2,2-6H3/q+1/t11-,12+,15+/m0/s1. The number of rotatable bonds is 1. The molecule has 0 aromatic heterocycles. The molecule has 2 aliphatic rings. The lowest BCUT2D eigenvalue weighted by molar-refractivity contribution is -0.474. The molecule has 0 aromatic carbocycles. The fourth-order valence-electron chi connectivity index (χ4n) is 3.71. The molecule has 2 nitrogen and oxygen atoms in total. The van der Waals surface area contributed by atoms with Gasteiger partial charge in [0.2, 0.25) is 0 Å². The monoisotopic (exact) mass is 234 g/mol. The first kappa shape index (κ1) is 12.5. The lowest BCUT2D eigenvalue weighted by Gasteiger charge is -2.38. The van der Waals surface area contributed by atoms with Gasteiger partial charge in [-0.05, 0) is 30.6 Å². The van der Waals surface area contributed by atoms with Gasteiger partial charge >= 0.3 is 5.90 Å². The minimum atomic E-state index is 0.274. The van der Waals surface area contributed by atoms with Crippen molar-refractivity contribution in [2.75, 3.05) is 14.1 Å². The minimum Gasteiger partial charge on any atom is -0.434 e. The highest BCUT2D eigenvalue weighted by Gasteiger charge is 2.63. The van der Waals surface area contributed by atoms with Crippen LogP contribution < -0.4 is 0 Å². The Hall–Kier alpha value is -0.970. The highest BCUT2D eigenvalue weighted by molar-refractivity contribution is 5.88. The van der Waals surface area contributed by atoms with Gasteiger partial charge in [-0.2, -0.15) is 4.58 Å². The van der Waals surface area contributed by atoms with Gasteiger partial charge in [0.25, 0.3) is 0 Å². The van der Waals surface area contributed by atoms with E-state index in [4.69, 9.17) is 11.2 Å². The molecule has 2 aliphatic carbocycles. The fourth-order valence-corrected chi connectivity index (χ4v) is 3.71. The molecule has 2 saturated carbocycles. The first-order chi connectivity index (χ1) is 7.83. The molecule has 0 radical (unpaired) electrons. The maximum Gasteiger partial charge on any atom is 0.417 e. The van der Waals surface area contributed by atoms with E-state index in [-0.39, 0.29) is 11.5 Å². The summed E-state index contributed by atoms with van der Waals surface area (Å²) in [6, 6.07) is 0. The van der Waals surface area contributed by atoms with Crippen molar-refractivity contribution >= 4 is 5.90 Å². The zero-order chi connectivity index (χ0) is 12.8. The van der Waals surface area contributed by atoms with E-state index in [0.29, 0.717) is 11.3 Å². The van der Waals surface area contributed by atoms with Gasteiger partial charge in [0.15, 0.2) is 0 Å². The van der Waals surface area contributed by atoms with Crippen molar-refractivity contribution in [3.8, 4) is 12.3 Å². The largest absolute Gasteiger partial charge is 0.434 e. The van der Waals surface area contributed by atoms with Crippen LogP contribution in [0.4, 0.5) is 0 Å². The molecule has 0 unspecified atom stereocenters. The predicted molar refractivity (Wildman–Crippen MR) is 70.1 cm³/mol. The summed E-state index contributed by atoms with van der Waals surface area (Å²) in [6.07, 6.45) is 9.55. The van der Waals surface area contributed by atoms with Crippen LogP contribution >= 0.6 is 0 Å². The van der Waals surface area contributed by atoms with Crippen LogP contribution in [0, 0.1) is 29.1 Å². The molecule has 0 aliphatic heterocycles. The van der Waals surface area contributed by atoms with Crippen LogP contribution in [0.25, 0.3) is 0 Å². The molecule has 0 heterocycles. The van der Waals surface area contributed by atoms with Crippen LogP contribution in [-0.2, 0) is 4.74 Å². The second-order valence-electron chi connectivity index (χ2n) is 6.56. The van der Waals surface area contributed by atoms with Gasteiger partial charge in [0.05, 0.1) is 0 Å². The molecule has 2 fully saturated rings. The molecule has 0 saturated heterocycles. The van der Waals surface area contributed by atoms with Crippen molar-refractivity contribution in [2.24, 2.45) is 16.7 Å². The van der Waals surface area contributed by atoms with Crippen molar-refractivity contribution in [1.82, 2.24) is 0 Å². The Balaban J connectivity index is 2.23. The molecular weight excluding hydrogens is 210 g/mol. The van der Waals surface area contributed by atoms with Gasteiger partial charge in [-0.1, -0.05) is 20.8 Å². The molecule has 17 heavy (non-hydrogen) atoms. The van der Waals surface area contributed by atoms with E-state index in [2.05, 4.69) is 26.7 Å². The second-order valence-corrected chi connectivity index (χ2v) is 6.56. The topological polar surface area (TPSA) is 12.2 Å². The highest BCUT2D eigenvalue weighted by Crippen LogP contribution is 2.66. The van der Waals surface area contributed by atoms with Crippen molar-refractivity contribution in [3.05, 3.63) is 0 Å².